The molecule has 0 bridgehead atoms. The van der Waals surface area contributed by atoms with Crippen LogP contribution in [0.25, 0.3) is 0 Å². The molecule has 2 unspecified atom stereocenters. The van der Waals surface area contributed by atoms with Crippen molar-refractivity contribution in [3.63, 3.8) is 0 Å². The predicted octanol–water partition coefficient (Wildman–Crippen LogP) is 1.67. The van der Waals surface area contributed by atoms with Crippen molar-refractivity contribution >= 4 is 49.5 Å². The van der Waals surface area contributed by atoms with E-state index in [1.54, 1.807) is 43.5 Å². The number of rotatable bonds is 11. The Labute approximate surface area is 220 Å². The van der Waals surface area contributed by atoms with E-state index in [1.165, 1.54) is 18.4 Å². The molecule has 0 aliphatic carbocycles. The molecule has 2 atom stereocenters. The number of amides is 2. The number of ether oxygens (including phenoxy) is 1. The van der Waals surface area contributed by atoms with E-state index in [2.05, 4.69) is 20.6 Å². The summed E-state index contributed by atoms with van der Waals surface area (Å²) in [5, 5.41) is 17.6. The van der Waals surface area contributed by atoms with E-state index in [-0.39, 0.29) is 18.2 Å². The van der Waals surface area contributed by atoms with Gasteiger partial charge in [-0.2, -0.15) is 0 Å². The molecule has 3 rings (SSSR count). The van der Waals surface area contributed by atoms with E-state index < -0.39 is 33.7 Å². The van der Waals surface area contributed by atoms with Crippen LogP contribution in [0.15, 0.2) is 41.8 Å². The molecule has 0 spiro atoms. The topological polar surface area (TPSA) is 131 Å². The zero-order valence-electron chi connectivity index (χ0n) is 20.3. The summed E-state index contributed by atoms with van der Waals surface area (Å²) in [7, 11) is 1.22. The van der Waals surface area contributed by atoms with Gasteiger partial charge in [-0.25, -0.2) is 0 Å². The van der Waals surface area contributed by atoms with Gasteiger partial charge in [0.05, 0.1) is 0 Å². The molecule has 0 aliphatic heterocycles. The van der Waals surface area contributed by atoms with E-state index in [1.807, 2.05) is 12.1 Å². The summed E-state index contributed by atoms with van der Waals surface area (Å²) in [6, 6.07) is 9.63. The van der Waals surface area contributed by atoms with Crippen LogP contribution in [-0.4, -0.2) is 68.3 Å². The maximum absolute atomic E-state index is 13.0. The quantitative estimate of drug-likeness (QED) is 0.181. The molecule has 2 heterocycles. The second-order valence-electron chi connectivity index (χ2n) is 8.03. The molecule has 0 aliphatic rings. The molecule has 2 amide bonds. The van der Waals surface area contributed by atoms with Crippen molar-refractivity contribution in [3.8, 4) is 5.75 Å². The van der Waals surface area contributed by atoms with Crippen molar-refractivity contribution in [1.29, 1.82) is 0 Å². The molecular weight excluding hydrogens is 543 g/mol. The van der Waals surface area contributed by atoms with Gasteiger partial charge in [0.15, 0.2) is 0 Å². The number of nitrogens with zero attached hydrogens (tertiary/aromatic N) is 2. The fraction of sp³-hybridized carbons (Fsp3) is 0.320. The summed E-state index contributed by atoms with van der Waals surface area (Å²) in [5.41, 5.74) is 2.48. The van der Waals surface area contributed by atoms with E-state index in [9.17, 15) is 19.5 Å². The van der Waals surface area contributed by atoms with Gasteiger partial charge in [0.1, 0.15) is 0 Å². The van der Waals surface area contributed by atoms with Crippen molar-refractivity contribution in [2.75, 3.05) is 13.7 Å². The molecule has 0 fully saturated rings. The predicted molar refractivity (Wildman–Crippen MR) is 139 cm³/mol. The average molecular weight is 573 g/mol. The third-order valence-corrected chi connectivity index (χ3v) is 8.60. The summed E-state index contributed by atoms with van der Waals surface area (Å²) in [4.78, 5) is 47.1. The molecule has 11 heteroatoms. The van der Waals surface area contributed by atoms with Crippen LogP contribution in [0.5, 0.6) is 5.75 Å². The maximum atomic E-state index is 13.0. The Hall–Kier alpha value is -3.23. The zero-order chi connectivity index (χ0) is 26.1. The Bertz CT molecular complexity index is 1200. The molecule has 190 valence electrons. The fourth-order valence-electron chi connectivity index (χ4n) is 3.58. The van der Waals surface area contributed by atoms with Gasteiger partial charge in [0.2, 0.25) is 0 Å². The van der Waals surface area contributed by atoms with E-state index in [4.69, 9.17) is 4.74 Å². The summed E-state index contributed by atoms with van der Waals surface area (Å²) >= 11 is 0.685. The third-order valence-electron chi connectivity index (χ3n) is 5.34. The standard InChI is InChI=1S/C25H29AsN4O5S/c1-15-21(16(2)29-25(28-15)26-11-5-8-17-7-4-9-18(31)13-17)23(33)30-19(24(34)35-3)14-27-22(32)20-10-6-12-36-20/h4,6-7,9-10,12-13,19,26,31H,5,8,11,14H2,1-3H3,(H,27,32)(H,30,33). The molecule has 3 aromatic rings. The van der Waals surface area contributed by atoms with Gasteiger partial charge in [-0.15, -0.1) is 0 Å². The Balaban J connectivity index is 1.59. The number of aromatic nitrogens is 2. The number of benzene rings is 1. The second-order valence-corrected chi connectivity index (χ2v) is 11.7. The van der Waals surface area contributed by atoms with E-state index >= 15 is 0 Å². The molecule has 0 radical (unpaired) electrons. The van der Waals surface area contributed by atoms with Crippen LogP contribution in [0.2, 0.25) is 5.21 Å². The van der Waals surface area contributed by atoms with Gasteiger partial charge < -0.3 is 0 Å². The monoisotopic (exact) mass is 572 g/mol. The summed E-state index contributed by atoms with van der Waals surface area (Å²) in [5.74, 6) is -1.23. The number of nitrogens with one attached hydrogen (secondary N) is 2. The number of hydrogen-bond donors (Lipinski definition) is 3. The van der Waals surface area contributed by atoms with Crippen molar-refractivity contribution < 1.29 is 24.2 Å². The van der Waals surface area contributed by atoms with Crippen LogP contribution in [0, 0.1) is 13.8 Å². The van der Waals surface area contributed by atoms with E-state index in [0.717, 1.165) is 28.2 Å². The number of aryl methyl sites for hydroxylation is 3. The Morgan fingerprint density at radius 2 is 1.86 bits per heavy atom. The summed E-state index contributed by atoms with van der Waals surface area (Å²) in [6.45, 7) is 3.38. The van der Waals surface area contributed by atoms with Gasteiger partial charge in [0, 0.05) is 0 Å². The van der Waals surface area contributed by atoms with Crippen LogP contribution < -0.4 is 15.2 Å². The van der Waals surface area contributed by atoms with Crippen LogP contribution >= 0.6 is 11.3 Å². The molecule has 2 aromatic heterocycles. The second kappa shape index (κ2) is 13.2. The average Bonchev–Trinajstić information content (AvgIpc) is 3.38. The molecule has 0 saturated carbocycles. The van der Waals surface area contributed by atoms with Crippen LogP contribution in [0.4, 0.5) is 0 Å². The van der Waals surface area contributed by atoms with Crippen LogP contribution in [0.1, 0.15) is 43.4 Å². The zero-order valence-corrected chi connectivity index (χ0v) is 23.2. The Morgan fingerprint density at radius 3 is 2.50 bits per heavy atom. The Morgan fingerprint density at radius 1 is 1.11 bits per heavy atom. The SMILES string of the molecule is COC(=O)C(CNC(=O)c1cccs1)NC(=O)c1c(C)nc([AsH]CCCc2cccc(O)c2)nc1C. The van der Waals surface area contributed by atoms with Crippen LogP contribution in [-0.2, 0) is 16.0 Å². The van der Waals surface area contributed by atoms with Crippen molar-refractivity contribution in [2.24, 2.45) is 0 Å². The van der Waals surface area contributed by atoms with E-state index in [0.29, 0.717) is 21.8 Å². The number of carbonyl (C=O) groups is 3. The number of carbonyl (C=O) groups excluding carboxylic acids is 3. The molecule has 3 N–H and O–H groups in total. The first-order valence-electron chi connectivity index (χ1n) is 11.4. The Kier molecular flexibility index (Phi) is 10.0. The molecule has 36 heavy (non-hydrogen) atoms. The molecule has 1 aromatic carbocycles. The summed E-state index contributed by atoms with van der Waals surface area (Å²) in [6.07, 6.45) is 1.83. The number of phenols is 1. The van der Waals surface area contributed by atoms with Gasteiger partial charge in [0.25, 0.3) is 0 Å². The minimum atomic E-state index is -1.06. The fourth-order valence-corrected chi connectivity index (χ4v) is 6.47. The number of phenolic OH excluding ortho intramolecular Hbond substituents is 1. The number of methoxy groups -OCH3 is 1. The first kappa shape index (κ1) is 27.4. The molecule has 9 nitrogen and oxygen atoms in total. The normalized spacial score (nSPS) is 11.9. The van der Waals surface area contributed by atoms with Gasteiger partial charge in [-0.1, -0.05) is 6.07 Å². The number of hydrogen-bond acceptors (Lipinski definition) is 8. The minimum absolute atomic E-state index is 0.113. The van der Waals surface area contributed by atoms with Crippen LogP contribution in [0.3, 0.4) is 0 Å². The number of thiophene rings is 1. The molecule has 0 saturated heterocycles. The number of esters is 1. The first-order chi connectivity index (χ1) is 17.3. The number of aromatic hydroxyl groups is 1. The third kappa shape index (κ3) is 7.63. The van der Waals surface area contributed by atoms with Gasteiger partial charge >= 0.3 is 209 Å². The first-order valence-corrected chi connectivity index (χ1v) is 14.8. The summed E-state index contributed by atoms with van der Waals surface area (Å²) < 4.78 is 5.57. The van der Waals surface area contributed by atoms with Crippen molar-refractivity contribution in [1.82, 2.24) is 20.6 Å². The van der Waals surface area contributed by atoms with Gasteiger partial charge in [-0.05, 0) is 5.38 Å². The van der Waals surface area contributed by atoms with Crippen molar-refractivity contribution in [3.05, 3.63) is 69.2 Å². The molecular formula is C25H29AsN4O5S. The van der Waals surface area contributed by atoms with Crippen molar-refractivity contribution in [2.45, 2.75) is 37.9 Å². The van der Waals surface area contributed by atoms with Gasteiger partial charge in [-0.3, -0.25) is 0 Å².